The predicted molar refractivity (Wildman–Crippen MR) is 99.5 cm³/mol. The lowest BCUT2D eigenvalue weighted by atomic mass is 9.76. The maximum absolute atomic E-state index is 12.9. The van der Waals surface area contributed by atoms with Crippen LogP contribution in [-0.2, 0) is 14.8 Å². The van der Waals surface area contributed by atoms with Gasteiger partial charge in [-0.2, -0.15) is 0 Å². The molecule has 2 aliphatic rings. The normalized spacial score (nSPS) is 21.5. The van der Waals surface area contributed by atoms with Gasteiger partial charge in [-0.3, -0.25) is 4.79 Å². The summed E-state index contributed by atoms with van der Waals surface area (Å²) in [6.45, 7) is 2.03. The SMILES string of the molecule is CCC(=O)NCC1=C(c2ccc(Cl)cc2)S(=O)(=O)NC12CCCCC2. The molecule has 0 saturated heterocycles. The fourth-order valence-corrected chi connectivity index (χ4v) is 5.91. The van der Waals surface area contributed by atoms with Crippen molar-refractivity contribution >= 4 is 32.4 Å². The Balaban J connectivity index is 2.11. The molecule has 1 aliphatic carbocycles. The number of halogens is 1. The number of amides is 1. The number of carbonyl (C=O) groups excluding carboxylic acids is 1. The van der Waals surface area contributed by atoms with E-state index in [0.717, 1.165) is 37.7 Å². The Morgan fingerprint density at radius 3 is 2.44 bits per heavy atom. The van der Waals surface area contributed by atoms with E-state index in [4.69, 9.17) is 11.6 Å². The smallest absolute Gasteiger partial charge is 0.242 e. The molecule has 1 aromatic carbocycles. The van der Waals surface area contributed by atoms with Gasteiger partial charge in [0.15, 0.2) is 0 Å². The van der Waals surface area contributed by atoms with Crippen LogP contribution in [0.2, 0.25) is 5.02 Å². The summed E-state index contributed by atoms with van der Waals surface area (Å²) >= 11 is 5.95. The summed E-state index contributed by atoms with van der Waals surface area (Å²) in [4.78, 5) is 12.1. The molecule has 0 radical (unpaired) electrons. The first kappa shape index (κ1) is 18.4. The zero-order valence-corrected chi connectivity index (χ0v) is 15.8. The summed E-state index contributed by atoms with van der Waals surface area (Å²) in [7, 11) is -3.63. The van der Waals surface area contributed by atoms with Gasteiger partial charge in [0, 0.05) is 18.0 Å². The number of carbonyl (C=O) groups is 1. The molecule has 1 amide bonds. The van der Waals surface area contributed by atoms with Gasteiger partial charge in [0.2, 0.25) is 15.9 Å². The third-order valence-electron chi connectivity index (χ3n) is 5.05. The highest BCUT2D eigenvalue weighted by molar-refractivity contribution is 7.99. The van der Waals surface area contributed by atoms with E-state index in [1.165, 1.54) is 0 Å². The molecular weight excluding hydrogens is 360 g/mol. The molecule has 2 N–H and O–H groups in total. The van der Waals surface area contributed by atoms with Gasteiger partial charge >= 0.3 is 0 Å². The molecule has 0 bridgehead atoms. The number of hydrogen-bond acceptors (Lipinski definition) is 3. The van der Waals surface area contributed by atoms with Crippen molar-refractivity contribution in [3.8, 4) is 0 Å². The van der Waals surface area contributed by atoms with E-state index in [2.05, 4.69) is 10.0 Å². The Morgan fingerprint density at radius 1 is 1.20 bits per heavy atom. The van der Waals surface area contributed by atoms with Crippen LogP contribution in [0.1, 0.15) is 51.0 Å². The molecule has 25 heavy (non-hydrogen) atoms. The summed E-state index contributed by atoms with van der Waals surface area (Å²) in [5.41, 5.74) is 0.809. The number of sulfonamides is 1. The average Bonchev–Trinajstić information content (AvgIpc) is 2.80. The number of nitrogens with one attached hydrogen (secondary N) is 2. The molecule has 0 unspecified atom stereocenters. The maximum Gasteiger partial charge on any atom is 0.242 e. The lowest BCUT2D eigenvalue weighted by molar-refractivity contribution is -0.120. The van der Waals surface area contributed by atoms with Crippen molar-refractivity contribution in [2.75, 3.05) is 6.54 Å². The summed E-state index contributed by atoms with van der Waals surface area (Å²) in [5, 5.41) is 3.42. The Hall–Kier alpha value is -1.37. The fourth-order valence-electron chi connectivity index (χ4n) is 3.80. The third kappa shape index (κ3) is 3.61. The Kier molecular flexibility index (Phi) is 5.23. The minimum Gasteiger partial charge on any atom is -0.352 e. The van der Waals surface area contributed by atoms with E-state index in [9.17, 15) is 13.2 Å². The van der Waals surface area contributed by atoms with Crippen LogP contribution >= 0.6 is 11.6 Å². The molecule has 7 heteroatoms. The summed E-state index contributed by atoms with van der Waals surface area (Å²) in [6, 6.07) is 6.82. The minimum absolute atomic E-state index is 0.0850. The summed E-state index contributed by atoms with van der Waals surface area (Å²) < 4.78 is 28.8. The van der Waals surface area contributed by atoms with Crippen molar-refractivity contribution in [2.45, 2.75) is 51.0 Å². The monoisotopic (exact) mass is 382 g/mol. The highest BCUT2D eigenvalue weighted by atomic mass is 35.5. The van der Waals surface area contributed by atoms with Gasteiger partial charge in [-0.05, 0) is 36.1 Å². The Bertz CT molecular complexity index is 794. The number of hydrogen-bond donors (Lipinski definition) is 2. The first-order chi connectivity index (χ1) is 11.9. The number of benzene rings is 1. The van der Waals surface area contributed by atoms with Crippen molar-refractivity contribution in [3.63, 3.8) is 0 Å². The van der Waals surface area contributed by atoms with Crippen molar-refractivity contribution in [2.24, 2.45) is 0 Å². The minimum atomic E-state index is -3.63. The Labute approximate surface area is 153 Å². The lowest BCUT2D eigenvalue weighted by Crippen LogP contribution is -2.48. The summed E-state index contributed by atoms with van der Waals surface area (Å²) in [6.07, 6.45) is 4.95. The van der Waals surface area contributed by atoms with E-state index in [-0.39, 0.29) is 12.5 Å². The predicted octanol–water partition coefficient (Wildman–Crippen LogP) is 3.21. The van der Waals surface area contributed by atoms with Crippen LogP contribution in [-0.4, -0.2) is 26.4 Å². The molecule has 1 fully saturated rings. The topological polar surface area (TPSA) is 75.3 Å². The highest BCUT2D eigenvalue weighted by Gasteiger charge is 2.48. The Morgan fingerprint density at radius 2 is 1.84 bits per heavy atom. The van der Waals surface area contributed by atoms with Crippen LogP contribution in [0.25, 0.3) is 4.91 Å². The van der Waals surface area contributed by atoms with Crippen molar-refractivity contribution < 1.29 is 13.2 Å². The first-order valence-corrected chi connectivity index (χ1v) is 10.5. The largest absolute Gasteiger partial charge is 0.352 e. The van der Waals surface area contributed by atoms with Gasteiger partial charge in [0.1, 0.15) is 0 Å². The molecule has 0 atom stereocenters. The second-order valence-corrected chi connectivity index (χ2v) is 8.75. The average molecular weight is 383 g/mol. The lowest BCUT2D eigenvalue weighted by Gasteiger charge is -2.35. The quantitative estimate of drug-likeness (QED) is 0.839. The van der Waals surface area contributed by atoms with E-state index in [1.54, 1.807) is 31.2 Å². The molecule has 3 rings (SSSR count). The van der Waals surface area contributed by atoms with Gasteiger partial charge in [-0.1, -0.05) is 49.9 Å². The van der Waals surface area contributed by atoms with Crippen LogP contribution in [0.4, 0.5) is 0 Å². The van der Waals surface area contributed by atoms with Gasteiger partial charge in [0.25, 0.3) is 0 Å². The van der Waals surface area contributed by atoms with E-state index >= 15 is 0 Å². The van der Waals surface area contributed by atoms with Crippen molar-refractivity contribution in [1.29, 1.82) is 0 Å². The molecule has 5 nitrogen and oxygen atoms in total. The van der Waals surface area contributed by atoms with Crippen LogP contribution in [0.5, 0.6) is 0 Å². The van der Waals surface area contributed by atoms with Crippen LogP contribution in [0.3, 0.4) is 0 Å². The summed E-state index contributed by atoms with van der Waals surface area (Å²) in [5.74, 6) is -0.0850. The van der Waals surface area contributed by atoms with Crippen molar-refractivity contribution in [3.05, 3.63) is 40.4 Å². The molecule has 1 aromatic rings. The second-order valence-electron chi connectivity index (χ2n) is 6.69. The second kappa shape index (κ2) is 7.09. The van der Waals surface area contributed by atoms with E-state index < -0.39 is 15.6 Å². The molecule has 1 saturated carbocycles. The third-order valence-corrected chi connectivity index (χ3v) is 6.98. The van der Waals surface area contributed by atoms with Crippen LogP contribution in [0, 0.1) is 0 Å². The van der Waals surface area contributed by atoms with Crippen LogP contribution < -0.4 is 10.0 Å². The van der Waals surface area contributed by atoms with E-state index in [0.29, 0.717) is 21.9 Å². The zero-order valence-electron chi connectivity index (χ0n) is 14.3. The molecular formula is C18H23ClN2O3S. The zero-order chi connectivity index (χ0) is 18.1. The number of rotatable bonds is 4. The highest BCUT2D eigenvalue weighted by Crippen LogP contribution is 2.45. The molecule has 0 aromatic heterocycles. The molecule has 1 aliphatic heterocycles. The van der Waals surface area contributed by atoms with Gasteiger partial charge in [-0.15, -0.1) is 0 Å². The van der Waals surface area contributed by atoms with Gasteiger partial charge in [-0.25, -0.2) is 13.1 Å². The fraction of sp³-hybridized carbons (Fsp3) is 0.500. The molecule has 1 heterocycles. The molecule has 136 valence electrons. The molecule has 1 spiro atoms. The van der Waals surface area contributed by atoms with E-state index in [1.807, 2.05) is 0 Å². The van der Waals surface area contributed by atoms with Gasteiger partial charge in [0.05, 0.1) is 10.4 Å². The standard InChI is InChI=1S/C18H23ClN2O3S/c1-2-16(22)20-12-15-17(13-6-8-14(19)9-7-13)25(23,24)21-18(15)10-4-3-5-11-18/h6-9,21H,2-5,10-12H2,1H3,(H,20,22). The first-order valence-electron chi connectivity index (χ1n) is 8.68. The maximum atomic E-state index is 12.9. The van der Waals surface area contributed by atoms with Crippen molar-refractivity contribution in [1.82, 2.24) is 10.0 Å². The van der Waals surface area contributed by atoms with Crippen LogP contribution in [0.15, 0.2) is 29.8 Å². The van der Waals surface area contributed by atoms with Gasteiger partial charge < -0.3 is 5.32 Å².